The van der Waals surface area contributed by atoms with Crippen molar-refractivity contribution in [1.29, 1.82) is 0 Å². The molecule has 2 aromatic heterocycles. The number of benzene rings is 3. The van der Waals surface area contributed by atoms with Gasteiger partial charge in [-0.3, -0.25) is 19.5 Å². The van der Waals surface area contributed by atoms with Gasteiger partial charge in [0.15, 0.2) is 0 Å². The van der Waals surface area contributed by atoms with Crippen LogP contribution in [0.25, 0.3) is 28.0 Å². The van der Waals surface area contributed by atoms with Crippen LogP contribution < -0.4 is 5.69 Å². The molecule has 0 aliphatic carbocycles. The van der Waals surface area contributed by atoms with E-state index >= 15 is 0 Å². The van der Waals surface area contributed by atoms with Gasteiger partial charge in [0.2, 0.25) is 0 Å². The highest BCUT2D eigenvalue weighted by Crippen LogP contribution is 2.31. The van der Waals surface area contributed by atoms with Crippen LogP contribution in [0, 0.1) is 10.1 Å². The monoisotopic (exact) mass is 542 g/mol. The van der Waals surface area contributed by atoms with Gasteiger partial charge < -0.3 is 9.88 Å². The van der Waals surface area contributed by atoms with Gasteiger partial charge >= 0.3 is 5.69 Å². The van der Waals surface area contributed by atoms with Crippen LogP contribution in [-0.4, -0.2) is 48.2 Å². The summed E-state index contributed by atoms with van der Waals surface area (Å²) < 4.78 is 3.21. The Labute approximate surface area is 227 Å². The molecular formula is C28H23ClN6O4. The van der Waals surface area contributed by atoms with Crippen LogP contribution in [0.15, 0.2) is 83.7 Å². The molecule has 0 saturated carbocycles. The van der Waals surface area contributed by atoms with Gasteiger partial charge in [-0.15, -0.1) is 0 Å². The molecule has 6 rings (SSSR count). The normalized spacial score (nSPS) is 14.1. The molecule has 39 heavy (non-hydrogen) atoms. The predicted molar refractivity (Wildman–Crippen MR) is 147 cm³/mol. The number of nitrogens with one attached hydrogen (secondary N) is 1. The van der Waals surface area contributed by atoms with Crippen LogP contribution in [-0.2, 0) is 0 Å². The lowest BCUT2D eigenvalue weighted by molar-refractivity contribution is -0.384. The first-order chi connectivity index (χ1) is 18.9. The average molecular weight is 543 g/mol. The Bertz CT molecular complexity index is 1780. The summed E-state index contributed by atoms with van der Waals surface area (Å²) in [7, 11) is 0. The molecule has 10 nitrogen and oxygen atoms in total. The molecule has 1 amide bonds. The number of carbonyl (C=O) groups excluding carboxylic acids is 1. The lowest BCUT2D eigenvalue weighted by Gasteiger charge is -2.32. The number of hydrogen-bond acceptors (Lipinski definition) is 5. The molecule has 3 aromatic carbocycles. The topological polar surface area (TPSA) is 119 Å². The molecule has 0 bridgehead atoms. The number of piperidine rings is 1. The Morgan fingerprint density at radius 3 is 2.51 bits per heavy atom. The highest BCUT2D eigenvalue weighted by Gasteiger charge is 2.29. The molecule has 3 heterocycles. The Hall–Kier alpha value is -4.70. The van der Waals surface area contributed by atoms with Crippen molar-refractivity contribution in [2.24, 2.45) is 0 Å². The van der Waals surface area contributed by atoms with Crippen LogP contribution in [0.1, 0.15) is 29.4 Å². The average Bonchev–Trinajstić information content (AvgIpc) is 3.54. The smallest absolute Gasteiger partial charge is 0.326 e. The minimum atomic E-state index is -0.485. The second-order valence-electron chi connectivity index (χ2n) is 9.42. The number of likely N-dealkylation sites (tertiary alicyclic amines) is 1. The molecule has 0 atom stereocenters. The third kappa shape index (κ3) is 4.48. The van der Waals surface area contributed by atoms with E-state index in [2.05, 4.69) is 10.1 Å². The number of nitro benzene ring substituents is 1. The van der Waals surface area contributed by atoms with Crippen LogP contribution >= 0.6 is 11.6 Å². The largest absolute Gasteiger partial charge is 0.337 e. The van der Waals surface area contributed by atoms with E-state index in [1.54, 1.807) is 45.9 Å². The van der Waals surface area contributed by atoms with Gasteiger partial charge in [0, 0.05) is 36.8 Å². The van der Waals surface area contributed by atoms with E-state index in [1.165, 1.54) is 16.8 Å². The Balaban J connectivity index is 1.33. The number of rotatable bonds is 5. The first kappa shape index (κ1) is 24.6. The molecule has 0 unspecified atom stereocenters. The summed E-state index contributed by atoms with van der Waals surface area (Å²) in [6, 6.07) is 22.4. The SMILES string of the molecule is O=C(c1cc(-c2ccccc2Cl)nn1-c1cccc([N+](=O)[O-])c1)N1CCC(n2c(=O)[nH]c3ccccc32)CC1. The fourth-order valence-corrected chi connectivity index (χ4v) is 5.43. The lowest BCUT2D eigenvalue weighted by Crippen LogP contribution is -2.41. The summed E-state index contributed by atoms with van der Waals surface area (Å²) in [5.74, 6) is -0.253. The fourth-order valence-electron chi connectivity index (χ4n) is 5.20. The maximum Gasteiger partial charge on any atom is 0.326 e. The first-order valence-corrected chi connectivity index (χ1v) is 12.9. The fraction of sp³-hybridized carbons (Fsp3) is 0.179. The quantitative estimate of drug-likeness (QED) is 0.241. The van der Waals surface area contributed by atoms with Crippen molar-refractivity contribution in [3.8, 4) is 16.9 Å². The van der Waals surface area contributed by atoms with Crippen molar-refractivity contribution in [1.82, 2.24) is 24.2 Å². The molecular weight excluding hydrogens is 520 g/mol. The molecule has 0 spiro atoms. The first-order valence-electron chi connectivity index (χ1n) is 12.5. The summed E-state index contributed by atoms with van der Waals surface area (Å²) >= 11 is 6.42. The van der Waals surface area contributed by atoms with E-state index in [1.807, 2.05) is 30.3 Å². The van der Waals surface area contributed by atoms with E-state index in [4.69, 9.17) is 11.6 Å². The van der Waals surface area contributed by atoms with Gasteiger partial charge in [-0.1, -0.05) is 48.0 Å². The van der Waals surface area contributed by atoms with Crippen LogP contribution in [0.3, 0.4) is 0 Å². The molecule has 1 aliphatic heterocycles. The zero-order valence-electron chi connectivity index (χ0n) is 20.7. The highest BCUT2D eigenvalue weighted by atomic mass is 35.5. The maximum absolute atomic E-state index is 13.8. The number of para-hydroxylation sites is 2. The molecule has 11 heteroatoms. The van der Waals surface area contributed by atoms with Crippen LogP contribution in [0.4, 0.5) is 5.69 Å². The van der Waals surface area contributed by atoms with Gasteiger partial charge in [-0.05, 0) is 43.2 Å². The molecule has 196 valence electrons. The number of non-ortho nitro benzene ring substituents is 1. The summed E-state index contributed by atoms with van der Waals surface area (Å²) in [6.07, 6.45) is 1.21. The van der Waals surface area contributed by atoms with Crippen molar-refractivity contribution in [3.63, 3.8) is 0 Å². The number of imidazole rings is 1. The Kier molecular flexibility index (Phi) is 6.24. The number of nitrogens with zero attached hydrogens (tertiary/aromatic N) is 5. The predicted octanol–water partition coefficient (Wildman–Crippen LogP) is 5.22. The number of carbonyl (C=O) groups is 1. The van der Waals surface area contributed by atoms with Gasteiger partial charge in [0.05, 0.1) is 32.4 Å². The minimum Gasteiger partial charge on any atom is -0.337 e. The summed E-state index contributed by atoms with van der Waals surface area (Å²) in [6.45, 7) is 0.883. The van der Waals surface area contributed by atoms with Gasteiger partial charge in [-0.25, -0.2) is 9.48 Å². The highest BCUT2D eigenvalue weighted by molar-refractivity contribution is 6.33. The van der Waals surface area contributed by atoms with Crippen molar-refractivity contribution in [3.05, 3.63) is 110 Å². The van der Waals surface area contributed by atoms with Crippen molar-refractivity contribution in [2.45, 2.75) is 18.9 Å². The van der Waals surface area contributed by atoms with Crippen LogP contribution in [0.5, 0.6) is 0 Å². The van der Waals surface area contributed by atoms with Crippen LogP contribution in [0.2, 0.25) is 5.02 Å². The van der Waals surface area contributed by atoms with E-state index in [-0.39, 0.29) is 29.0 Å². The number of nitro groups is 1. The number of halogens is 1. The summed E-state index contributed by atoms with van der Waals surface area (Å²) in [5, 5.41) is 16.5. The zero-order chi connectivity index (χ0) is 27.1. The third-order valence-corrected chi connectivity index (χ3v) is 7.43. The Morgan fingerprint density at radius 2 is 1.74 bits per heavy atom. The van der Waals surface area contributed by atoms with Gasteiger partial charge in [-0.2, -0.15) is 5.10 Å². The lowest BCUT2D eigenvalue weighted by atomic mass is 10.0. The molecule has 1 aliphatic rings. The third-order valence-electron chi connectivity index (χ3n) is 7.10. The summed E-state index contributed by atoms with van der Waals surface area (Å²) in [5.41, 5.74) is 3.17. The van der Waals surface area contributed by atoms with Crippen molar-refractivity contribution in [2.75, 3.05) is 13.1 Å². The number of fused-ring (bicyclic) bond motifs is 1. The summed E-state index contributed by atoms with van der Waals surface area (Å²) in [4.78, 5) is 42.1. The van der Waals surface area contributed by atoms with E-state index in [0.29, 0.717) is 47.9 Å². The van der Waals surface area contributed by atoms with Crippen molar-refractivity contribution >= 4 is 34.2 Å². The zero-order valence-corrected chi connectivity index (χ0v) is 21.4. The Morgan fingerprint density at radius 1 is 1.00 bits per heavy atom. The number of amides is 1. The maximum atomic E-state index is 13.8. The second-order valence-corrected chi connectivity index (χ2v) is 9.83. The van der Waals surface area contributed by atoms with E-state index < -0.39 is 4.92 Å². The number of aromatic nitrogens is 4. The standard InChI is InChI=1S/C28H23ClN6O4/c29-22-9-2-1-8-21(22)24-17-26(34(31-24)19-6-5-7-20(16-19)35(38)39)27(36)32-14-12-18(13-15-32)33-25-11-4-3-10-23(25)30-28(33)37/h1-11,16-18H,12-15H2,(H,30,37). The number of aromatic amines is 1. The molecule has 5 aromatic rings. The van der Waals surface area contributed by atoms with Gasteiger partial charge in [0.1, 0.15) is 5.69 Å². The number of hydrogen-bond donors (Lipinski definition) is 1. The number of H-pyrrole nitrogens is 1. The molecule has 1 N–H and O–H groups in total. The van der Waals surface area contributed by atoms with E-state index in [9.17, 15) is 19.7 Å². The van der Waals surface area contributed by atoms with Crippen molar-refractivity contribution < 1.29 is 9.72 Å². The van der Waals surface area contributed by atoms with E-state index in [0.717, 1.165) is 11.0 Å². The minimum absolute atomic E-state index is 0.0435. The molecule has 1 fully saturated rings. The molecule has 0 radical (unpaired) electrons. The second kappa shape index (κ2) is 9.88. The van der Waals surface area contributed by atoms with Gasteiger partial charge in [0.25, 0.3) is 11.6 Å². The molecule has 1 saturated heterocycles.